The van der Waals surface area contributed by atoms with Crippen LogP contribution in [0.1, 0.15) is 73.4 Å². The molecule has 2 bridgehead atoms. The number of benzene rings is 2. The van der Waals surface area contributed by atoms with E-state index >= 15 is 0 Å². The first-order valence-corrected chi connectivity index (χ1v) is 11.2. The Morgan fingerprint density at radius 3 is 2.27 bits per heavy atom. The van der Waals surface area contributed by atoms with Gasteiger partial charge in [0.2, 0.25) is 0 Å². The van der Waals surface area contributed by atoms with Gasteiger partial charge in [-0.3, -0.25) is 4.79 Å². The van der Waals surface area contributed by atoms with Crippen LogP contribution in [-0.2, 0) is 11.3 Å². The molecule has 2 saturated heterocycles. The van der Waals surface area contributed by atoms with Gasteiger partial charge in [0, 0.05) is 23.6 Å². The number of carbonyl (C=O) groups excluding carboxylic acids is 2. The highest BCUT2D eigenvalue weighted by Gasteiger charge is 2.44. The lowest BCUT2D eigenvalue weighted by Crippen LogP contribution is -2.55. The van der Waals surface area contributed by atoms with Crippen LogP contribution in [0.15, 0.2) is 54.6 Å². The van der Waals surface area contributed by atoms with Crippen molar-refractivity contribution in [2.75, 3.05) is 0 Å². The van der Waals surface area contributed by atoms with E-state index in [2.05, 4.69) is 19.9 Å². The maximum Gasteiger partial charge on any atom is 0.410 e. The third kappa shape index (κ3) is 4.28. The number of hydrogen-bond donors (Lipinski definition) is 0. The van der Waals surface area contributed by atoms with Gasteiger partial charge in [0.15, 0.2) is 5.78 Å². The van der Waals surface area contributed by atoms with Gasteiger partial charge in [-0.05, 0) is 49.1 Å². The van der Waals surface area contributed by atoms with Crippen molar-refractivity contribution in [1.29, 1.82) is 0 Å². The molecule has 0 aliphatic carbocycles. The first kappa shape index (κ1) is 20.6. The number of piperidine rings is 2. The van der Waals surface area contributed by atoms with Crippen LogP contribution < -0.4 is 0 Å². The molecular formula is C26H31NO3. The van der Waals surface area contributed by atoms with Gasteiger partial charge in [-0.25, -0.2) is 4.79 Å². The molecule has 2 fully saturated rings. The molecular weight excluding hydrogens is 374 g/mol. The standard InChI is InChI=1S/C26H31NO3/c1-18(2)23-13-6-7-14-24(23)25(28)20-15-21-11-8-12-22(16-20)27(21)26(29)30-17-19-9-4-3-5-10-19/h3-7,9-10,13-14,18,20-22H,8,11-12,15-17H2,1-2H3. The summed E-state index contributed by atoms with van der Waals surface area (Å²) in [4.78, 5) is 28.2. The maximum atomic E-state index is 13.4. The largest absolute Gasteiger partial charge is 0.445 e. The van der Waals surface area contributed by atoms with E-state index < -0.39 is 0 Å². The molecule has 30 heavy (non-hydrogen) atoms. The molecule has 4 nitrogen and oxygen atoms in total. The Hall–Kier alpha value is -2.62. The normalized spacial score (nSPS) is 23.3. The Balaban J connectivity index is 1.46. The lowest BCUT2D eigenvalue weighted by Gasteiger charge is -2.47. The molecule has 2 atom stereocenters. The molecule has 0 N–H and O–H groups in total. The van der Waals surface area contributed by atoms with Crippen LogP contribution in [0.25, 0.3) is 0 Å². The molecule has 4 rings (SSSR count). The van der Waals surface area contributed by atoms with Gasteiger partial charge in [-0.1, -0.05) is 68.4 Å². The number of amides is 1. The van der Waals surface area contributed by atoms with E-state index in [9.17, 15) is 9.59 Å². The molecule has 0 saturated carbocycles. The zero-order valence-electron chi connectivity index (χ0n) is 17.9. The van der Waals surface area contributed by atoms with Gasteiger partial charge in [0.25, 0.3) is 0 Å². The third-order valence-electron chi connectivity index (χ3n) is 6.61. The summed E-state index contributed by atoms with van der Waals surface area (Å²) in [6, 6.07) is 18.0. The molecule has 2 heterocycles. The van der Waals surface area contributed by atoms with Crippen molar-refractivity contribution >= 4 is 11.9 Å². The van der Waals surface area contributed by atoms with Gasteiger partial charge >= 0.3 is 6.09 Å². The van der Waals surface area contributed by atoms with Gasteiger partial charge < -0.3 is 9.64 Å². The Labute approximate surface area is 179 Å². The third-order valence-corrected chi connectivity index (χ3v) is 6.61. The molecule has 1 amide bonds. The van der Waals surface area contributed by atoms with E-state index in [1.165, 1.54) is 0 Å². The van der Waals surface area contributed by atoms with Crippen molar-refractivity contribution in [3.8, 4) is 0 Å². The fourth-order valence-corrected chi connectivity index (χ4v) is 5.13. The minimum absolute atomic E-state index is 0.0154. The zero-order chi connectivity index (χ0) is 21.1. The van der Waals surface area contributed by atoms with Crippen LogP contribution in [0.3, 0.4) is 0 Å². The number of ketones is 1. The average molecular weight is 406 g/mol. The SMILES string of the molecule is CC(C)c1ccccc1C(=O)C1CC2CCCC(C1)N2C(=O)OCc1ccccc1. The number of fused-ring (bicyclic) bond motifs is 2. The lowest BCUT2D eigenvalue weighted by molar-refractivity contribution is 0.00470. The number of rotatable bonds is 5. The predicted molar refractivity (Wildman–Crippen MR) is 117 cm³/mol. The van der Waals surface area contributed by atoms with E-state index in [-0.39, 0.29) is 29.9 Å². The number of hydrogen-bond acceptors (Lipinski definition) is 3. The maximum absolute atomic E-state index is 13.4. The molecule has 2 aromatic rings. The van der Waals surface area contributed by atoms with Crippen molar-refractivity contribution < 1.29 is 14.3 Å². The topological polar surface area (TPSA) is 46.6 Å². The summed E-state index contributed by atoms with van der Waals surface area (Å²) in [7, 11) is 0. The van der Waals surface area contributed by atoms with Crippen LogP contribution in [0, 0.1) is 5.92 Å². The number of nitrogens with zero attached hydrogens (tertiary/aromatic N) is 1. The molecule has 2 aromatic carbocycles. The number of Topliss-reactive ketones (excluding diaryl/α,β-unsaturated/α-hetero) is 1. The Morgan fingerprint density at radius 2 is 1.60 bits per heavy atom. The highest BCUT2D eigenvalue weighted by molar-refractivity contribution is 5.99. The van der Waals surface area contributed by atoms with Crippen molar-refractivity contribution in [1.82, 2.24) is 4.90 Å². The first-order chi connectivity index (χ1) is 14.5. The van der Waals surface area contributed by atoms with Crippen LogP contribution in [0.2, 0.25) is 0 Å². The van der Waals surface area contributed by atoms with E-state index in [1.54, 1.807) is 0 Å². The number of carbonyl (C=O) groups is 2. The van der Waals surface area contributed by atoms with E-state index in [4.69, 9.17) is 4.74 Å². The highest BCUT2D eigenvalue weighted by Crippen LogP contribution is 2.39. The van der Waals surface area contributed by atoms with Crippen LogP contribution in [-0.4, -0.2) is 28.9 Å². The molecule has 2 unspecified atom stereocenters. The Morgan fingerprint density at radius 1 is 0.967 bits per heavy atom. The average Bonchev–Trinajstić information content (AvgIpc) is 2.76. The summed E-state index contributed by atoms with van der Waals surface area (Å²) in [6.45, 7) is 4.55. The molecule has 2 aliphatic heterocycles. The van der Waals surface area contributed by atoms with Crippen molar-refractivity contribution in [2.24, 2.45) is 5.92 Å². The smallest absolute Gasteiger partial charge is 0.410 e. The van der Waals surface area contributed by atoms with Gasteiger partial charge in [-0.2, -0.15) is 0 Å². The molecule has 0 aromatic heterocycles. The summed E-state index contributed by atoms with van der Waals surface area (Å²) in [5, 5.41) is 0. The van der Waals surface area contributed by atoms with Crippen LogP contribution >= 0.6 is 0 Å². The highest BCUT2D eigenvalue weighted by atomic mass is 16.6. The van der Waals surface area contributed by atoms with Crippen molar-refractivity contribution in [3.63, 3.8) is 0 Å². The second kappa shape index (κ2) is 9.03. The monoisotopic (exact) mass is 405 g/mol. The summed E-state index contributed by atoms with van der Waals surface area (Å²) in [5.74, 6) is 0.546. The molecule has 4 heteroatoms. The van der Waals surface area contributed by atoms with Crippen molar-refractivity contribution in [3.05, 3.63) is 71.3 Å². The van der Waals surface area contributed by atoms with Crippen LogP contribution in [0.5, 0.6) is 0 Å². The number of ether oxygens (including phenoxy) is 1. The van der Waals surface area contributed by atoms with E-state index in [0.717, 1.165) is 48.8 Å². The van der Waals surface area contributed by atoms with E-state index in [1.807, 2.05) is 53.4 Å². The second-order valence-electron chi connectivity index (χ2n) is 8.96. The summed E-state index contributed by atoms with van der Waals surface area (Å²) in [5.41, 5.74) is 2.97. The van der Waals surface area contributed by atoms with Gasteiger partial charge in [-0.15, -0.1) is 0 Å². The predicted octanol–water partition coefficient (Wildman–Crippen LogP) is 5.96. The molecule has 2 aliphatic rings. The van der Waals surface area contributed by atoms with Gasteiger partial charge in [0.1, 0.15) is 6.61 Å². The van der Waals surface area contributed by atoms with Crippen LogP contribution in [0.4, 0.5) is 4.79 Å². The van der Waals surface area contributed by atoms with Gasteiger partial charge in [0.05, 0.1) is 0 Å². The molecule has 0 radical (unpaired) electrons. The summed E-state index contributed by atoms with van der Waals surface area (Å²) >= 11 is 0. The van der Waals surface area contributed by atoms with Crippen molar-refractivity contribution in [2.45, 2.75) is 70.6 Å². The summed E-state index contributed by atoms with van der Waals surface area (Å²) in [6.07, 6.45) is 4.26. The summed E-state index contributed by atoms with van der Waals surface area (Å²) < 4.78 is 5.64. The fraction of sp³-hybridized carbons (Fsp3) is 0.462. The minimum Gasteiger partial charge on any atom is -0.445 e. The van der Waals surface area contributed by atoms with E-state index in [0.29, 0.717) is 12.5 Å². The Bertz CT molecular complexity index is 878. The zero-order valence-corrected chi connectivity index (χ0v) is 17.9. The quantitative estimate of drug-likeness (QED) is 0.576. The second-order valence-corrected chi connectivity index (χ2v) is 8.96. The lowest BCUT2D eigenvalue weighted by atomic mass is 9.75. The molecule has 158 valence electrons. The molecule has 0 spiro atoms. The fourth-order valence-electron chi connectivity index (χ4n) is 5.13. The first-order valence-electron chi connectivity index (χ1n) is 11.2. The Kier molecular flexibility index (Phi) is 6.21. The minimum atomic E-state index is -0.234.